The molecule has 13 heavy (non-hydrogen) atoms. The second kappa shape index (κ2) is 4.05. The van der Waals surface area contributed by atoms with Gasteiger partial charge in [-0.2, -0.15) is 0 Å². The second-order valence-electron chi connectivity index (χ2n) is 2.18. The molecule has 1 N–H and O–H groups in total. The lowest BCUT2D eigenvalue weighted by molar-refractivity contribution is 0.943. The summed E-state index contributed by atoms with van der Waals surface area (Å²) in [7, 11) is 0. The maximum absolute atomic E-state index is 4.14. The summed E-state index contributed by atoms with van der Waals surface area (Å²) in [6, 6.07) is 0. The topological polar surface area (TPSA) is 54.5 Å². The highest BCUT2D eigenvalue weighted by atomic mass is 127. The van der Waals surface area contributed by atoms with Crippen molar-refractivity contribution in [3.05, 3.63) is 28.4 Å². The van der Waals surface area contributed by atoms with Crippen LogP contribution in [-0.2, 0) is 0 Å². The third kappa shape index (κ3) is 2.41. The van der Waals surface area contributed by atoms with Crippen LogP contribution in [0.1, 0.15) is 0 Å². The van der Waals surface area contributed by atoms with Crippen LogP contribution in [0.4, 0.5) is 0 Å². The minimum absolute atomic E-state index is 0.704. The van der Waals surface area contributed by atoms with E-state index in [-0.39, 0.29) is 0 Å². The van der Waals surface area contributed by atoms with Crippen molar-refractivity contribution >= 4 is 34.4 Å². The van der Waals surface area contributed by atoms with E-state index in [0.29, 0.717) is 5.16 Å². The number of nitrogens with zero attached hydrogens (tertiary/aromatic N) is 3. The summed E-state index contributed by atoms with van der Waals surface area (Å²) in [4.78, 5) is 15.3. The Hall–Kier alpha value is -0.630. The molecule has 6 heteroatoms. The van der Waals surface area contributed by atoms with E-state index in [9.17, 15) is 0 Å². The summed E-state index contributed by atoms with van der Waals surface area (Å²) in [6.45, 7) is 0. The fraction of sp³-hybridized carbons (Fsp3) is 0. The van der Waals surface area contributed by atoms with Crippen molar-refractivity contribution in [2.45, 2.75) is 10.3 Å². The van der Waals surface area contributed by atoms with E-state index in [2.05, 4.69) is 42.5 Å². The molecule has 0 aliphatic carbocycles. The first-order chi connectivity index (χ1) is 6.34. The van der Waals surface area contributed by atoms with Crippen LogP contribution in [0, 0.1) is 3.57 Å². The van der Waals surface area contributed by atoms with Crippen molar-refractivity contribution in [2.24, 2.45) is 0 Å². The van der Waals surface area contributed by atoms with Gasteiger partial charge in [0.15, 0.2) is 10.3 Å². The Balaban J connectivity index is 2.15. The average molecular weight is 304 g/mol. The van der Waals surface area contributed by atoms with Crippen molar-refractivity contribution in [3.8, 4) is 0 Å². The Labute approximate surface area is 92.7 Å². The number of H-pyrrole nitrogens is 1. The Morgan fingerprint density at radius 2 is 2.00 bits per heavy atom. The van der Waals surface area contributed by atoms with E-state index < -0.39 is 0 Å². The van der Waals surface area contributed by atoms with Gasteiger partial charge < -0.3 is 4.98 Å². The van der Waals surface area contributed by atoms with Gasteiger partial charge in [0.05, 0.1) is 0 Å². The summed E-state index contributed by atoms with van der Waals surface area (Å²) < 4.78 is 1.03. The summed E-state index contributed by atoms with van der Waals surface area (Å²) in [5, 5.41) is 1.51. The lowest BCUT2D eigenvalue weighted by atomic mass is 10.7. The van der Waals surface area contributed by atoms with Gasteiger partial charge in [0.25, 0.3) is 0 Å². The number of hydrogen-bond donors (Lipinski definition) is 1. The lowest BCUT2D eigenvalue weighted by Gasteiger charge is -1.94. The molecule has 0 bridgehead atoms. The molecule has 0 aliphatic rings. The van der Waals surface area contributed by atoms with Crippen LogP contribution in [0.5, 0.6) is 0 Å². The zero-order chi connectivity index (χ0) is 9.10. The van der Waals surface area contributed by atoms with Crippen molar-refractivity contribution in [3.63, 3.8) is 0 Å². The number of aromatic amines is 1. The highest BCUT2D eigenvalue weighted by molar-refractivity contribution is 14.1. The first kappa shape index (κ1) is 8.95. The third-order valence-electron chi connectivity index (χ3n) is 1.26. The van der Waals surface area contributed by atoms with Crippen LogP contribution in [0.25, 0.3) is 0 Å². The molecule has 0 aromatic carbocycles. The monoisotopic (exact) mass is 304 g/mol. The Bertz CT molecular complexity index is 372. The molecule has 0 radical (unpaired) electrons. The van der Waals surface area contributed by atoms with Crippen LogP contribution in [0.2, 0.25) is 0 Å². The maximum Gasteiger partial charge on any atom is 0.195 e. The Morgan fingerprint density at radius 3 is 2.62 bits per heavy atom. The molecule has 0 fully saturated rings. The smallest absolute Gasteiger partial charge is 0.195 e. The van der Waals surface area contributed by atoms with E-state index >= 15 is 0 Å². The third-order valence-corrected chi connectivity index (χ3v) is 2.62. The zero-order valence-electron chi connectivity index (χ0n) is 6.44. The van der Waals surface area contributed by atoms with Gasteiger partial charge in [-0.15, -0.1) is 0 Å². The Kier molecular flexibility index (Phi) is 2.79. The number of rotatable bonds is 2. The molecule has 2 heterocycles. The minimum atomic E-state index is 0.704. The normalized spacial score (nSPS) is 10.2. The van der Waals surface area contributed by atoms with Gasteiger partial charge in [-0.1, -0.05) is 0 Å². The van der Waals surface area contributed by atoms with E-state index in [1.807, 2.05) is 0 Å². The molecule has 0 saturated heterocycles. The summed E-state index contributed by atoms with van der Waals surface area (Å²) >= 11 is 3.58. The first-order valence-electron chi connectivity index (χ1n) is 3.49. The van der Waals surface area contributed by atoms with Gasteiger partial charge >= 0.3 is 0 Å². The van der Waals surface area contributed by atoms with Gasteiger partial charge in [0.2, 0.25) is 0 Å². The standard InChI is InChI=1S/C7H5IN4S/c8-5-3-11-7(12-4-5)13-6-9-1-2-10-6/h1-4H,(H,9,10). The molecule has 0 aliphatic heterocycles. The van der Waals surface area contributed by atoms with Crippen molar-refractivity contribution in [1.29, 1.82) is 0 Å². The fourth-order valence-corrected chi connectivity index (χ4v) is 1.65. The highest BCUT2D eigenvalue weighted by Crippen LogP contribution is 2.19. The predicted molar refractivity (Wildman–Crippen MR) is 57.5 cm³/mol. The van der Waals surface area contributed by atoms with Crippen molar-refractivity contribution in [1.82, 2.24) is 19.9 Å². The summed E-state index contributed by atoms with van der Waals surface area (Å²) in [6.07, 6.45) is 7.03. The molecule has 0 amide bonds. The van der Waals surface area contributed by atoms with Gasteiger partial charge in [0.1, 0.15) is 0 Å². The molecule has 2 aromatic rings. The second-order valence-corrected chi connectivity index (χ2v) is 4.38. The fourth-order valence-electron chi connectivity index (χ4n) is 0.746. The summed E-state index contributed by atoms with van der Waals surface area (Å²) in [5.41, 5.74) is 0. The minimum Gasteiger partial charge on any atom is -0.339 e. The zero-order valence-corrected chi connectivity index (χ0v) is 9.41. The number of imidazole rings is 1. The molecule has 66 valence electrons. The van der Waals surface area contributed by atoms with Gasteiger partial charge in [-0.25, -0.2) is 15.0 Å². The number of hydrogen-bond acceptors (Lipinski definition) is 4. The number of halogens is 1. The van der Waals surface area contributed by atoms with E-state index in [1.165, 1.54) is 11.8 Å². The van der Waals surface area contributed by atoms with Crippen LogP contribution >= 0.6 is 34.4 Å². The Morgan fingerprint density at radius 1 is 1.23 bits per heavy atom. The average Bonchev–Trinajstić information content (AvgIpc) is 2.62. The van der Waals surface area contributed by atoms with Crippen LogP contribution in [0.3, 0.4) is 0 Å². The molecule has 0 unspecified atom stereocenters. The lowest BCUT2D eigenvalue weighted by Crippen LogP contribution is -1.86. The molecule has 2 rings (SSSR count). The van der Waals surface area contributed by atoms with E-state index in [4.69, 9.17) is 0 Å². The van der Waals surface area contributed by atoms with Gasteiger partial charge in [-0.3, -0.25) is 0 Å². The largest absolute Gasteiger partial charge is 0.339 e. The molecule has 2 aromatic heterocycles. The molecular weight excluding hydrogens is 299 g/mol. The SMILES string of the molecule is Ic1cnc(Sc2ncc[nH]2)nc1. The van der Waals surface area contributed by atoms with Gasteiger partial charge in [-0.05, 0) is 34.4 Å². The van der Waals surface area contributed by atoms with E-state index in [1.54, 1.807) is 24.8 Å². The van der Waals surface area contributed by atoms with Crippen LogP contribution < -0.4 is 0 Å². The van der Waals surface area contributed by atoms with Crippen molar-refractivity contribution < 1.29 is 0 Å². The number of aromatic nitrogens is 4. The molecule has 4 nitrogen and oxygen atoms in total. The molecular formula is C7H5IN4S. The molecule has 0 spiro atoms. The van der Waals surface area contributed by atoms with Crippen molar-refractivity contribution in [2.75, 3.05) is 0 Å². The maximum atomic E-state index is 4.14. The quantitative estimate of drug-likeness (QED) is 0.680. The molecule has 0 atom stereocenters. The molecule has 0 saturated carbocycles. The van der Waals surface area contributed by atoms with Crippen LogP contribution in [-0.4, -0.2) is 19.9 Å². The first-order valence-corrected chi connectivity index (χ1v) is 5.39. The predicted octanol–water partition coefficient (Wildman–Crippen LogP) is 1.96. The number of nitrogens with one attached hydrogen (secondary N) is 1. The highest BCUT2D eigenvalue weighted by Gasteiger charge is 2.00. The van der Waals surface area contributed by atoms with E-state index in [0.717, 1.165) is 8.73 Å². The van der Waals surface area contributed by atoms with Gasteiger partial charge in [0, 0.05) is 28.4 Å². The van der Waals surface area contributed by atoms with Crippen LogP contribution in [0.15, 0.2) is 35.1 Å². The summed E-state index contributed by atoms with van der Waals surface area (Å²) in [5.74, 6) is 0.